The highest BCUT2D eigenvalue weighted by molar-refractivity contribution is 5.76. The van der Waals surface area contributed by atoms with Gasteiger partial charge in [0.2, 0.25) is 0 Å². The van der Waals surface area contributed by atoms with Gasteiger partial charge in [0.15, 0.2) is 0 Å². The van der Waals surface area contributed by atoms with E-state index in [-0.39, 0.29) is 11.8 Å². The molecule has 4 atom stereocenters. The Morgan fingerprint density at radius 1 is 1.11 bits per heavy atom. The van der Waals surface area contributed by atoms with Crippen molar-refractivity contribution in [2.75, 3.05) is 0 Å². The first-order valence-corrected chi connectivity index (χ1v) is 6.72. The van der Waals surface area contributed by atoms with Gasteiger partial charge in [-0.15, -0.1) is 0 Å². The highest BCUT2D eigenvalue weighted by atomic mass is 19.4. The molecule has 108 valence electrons. The van der Waals surface area contributed by atoms with E-state index in [4.69, 9.17) is 4.74 Å². The molecule has 4 aliphatic carbocycles. The highest BCUT2D eigenvalue weighted by Crippen LogP contribution is 2.56. The fraction of sp³-hybridized carbons (Fsp3) is 0.923. The van der Waals surface area contributed by atoms with E-state index in [1.54, 1.807) is 0 Å². The highest BCUT2D eigenvalue weighted by Gasteiger charge is 2.56. The summed E-state index contributed by atoms with van der Waals surface area (Å²) in [6, 6.07) is 0. The van der Waals surface area contributed by atoms with Crippen LogP contribution in [-0.4, -0.2) is 28.5 Å². The van der Waals surface area contributed by atoms with E-state index in [0.717, 1.165) is 6.42 Å². The maximum atomic E-state index is 12.4. The molecule has 4 saturated carbocycles. The number of aliphatic hydroxyl groups is 1. The standard InChI is InChI=1S/C13H17F3O3/c14-13(15,16)10(17)19-12-2-1-11(18)4-8(6-12)3-9(5-11)7-12/h8-9,18H,1-7H2/t8-,9+,11?,12?. The molecular formula is C13H17F3O3. The summed E-state index contributed by atoms with van der Waals surface area (Å²) in [5.41, 5.74) is -1.75. The van der Waals surface area contributed by atoms with E-state index >= 15 is 0 Å². The van der Waals surface area contributed by atoms with Gasteiger partial charge in [-0.1, -0.05) is 0 Å². The molecule has 0 aromatic carbocycles. The van der Waals surface area contributed by atoms with Crippen molar-refractivity contribution in [1.82, 2.24) is 0 Å². The van der Waals surface area contributed by atoms with Gasteiger partial charge < -0.3 is 9.84 Å². The van der Waals surface area contributed by atoms with Crippen LogP contribution in [-0.2, 0) is 9.53 Å². The Morgan fingerprint density at radius 3 is 2.21 bits per heavy atom. The predicted molar refractivity (Wildman–Crippen MR) is 59.1 cm³/mol. The minimum absolute atomic E-state index is 0.182. The number of alkyl halides is 3. The number of fused-ring (bicyclic) bond motifs is 1. The third-order valence-electron chi connectivity index (χ3n) is 4.91. The molecular weight excluding hydrogens is 261 g/mol. The zero-order valence-electron chi connectivity index (χ0n) is 10.5. The van der Waals surface area contributed by atoms with E-state index in [1.807, 2.05) is 0 Å². The number of carbonyl (C=O) groups excluding carboxylic acids is 1. The average Bonchev–Trinajstić information content (AvgIpc) is 2.38. The Labute approximate surface area is 109 Å². The minimum Gasteiger partial charge on any atom is -0.452 e. The molecule has 4 aliphatic rings. The molecule has 4 bridgehead atoms. The van der Waals surface area contributed by atoms with Crippen LogP contribution < -0.4 is 0 Å². The van der Waals surface area contributed by atoms with Crippen molar-refractivity contribution >= 4 is 5.97 Å². The van der Waals surface area contributed by atoms with E-state index in [0.29, 0.717) is 38.5 Å². The van der Waals surface area contributed by atoms with Crippen LogP contribution >= 0.6 is 0 Å². The van der Waals surface area contributed by atoms with Gasteiger partial charge in [-0.05, 0) is 56.8 Å². The Bertz CT molecular complexity index is 390. The molecule has 0 amide bonds. The number of esters is 1. The number of hydrogen-bond donors (Lipinski definition) is 1. The second kappa shape index (κ2) is 3.87. The lowest BCUT2D eigenvalue weighted by atomic mass is 9.65. The van der Waals surface area contributed by atoms with Crippen LogP contribution in [0.3, 0.4) is 0 Å². The molecule has 2 unspecified atom stereocenters. The number of hydrogen-bond acceptors (Lipinski definition) is 3. The van der Waals surface area contributed by atoms with E-state index in [2.05, 4.69) is 0 Å². The maximum Gasteiger partial charge on any atom is 0.490 e. The largest absolute Gasteiger partial charge is 0.490 e. The van der Waals surface area contributed by atoms with E-state index in [1.165, 1.54) is 0 Å². The van der Waals surface area contributed by atoms with Crippen LogP contribution in [0.1, 0.15) is 44.9 Å². The van der Waals surface area contributed by atoms with Crippen LogP contribution in [0.5, 0.6) is 0 Å². The fourth-order valence-corrected chi connectivity index (χ4v) is 4.50. The lowest BCUT2D eigenvalue weighted by Gasteiger charge is -2.46. The number of ether oxygens (including phenoxy) is 1. The van der Waals surface area contributed by atoms with Gasteiger partial charge in [-0.25, -0.2) is 4.79 Å². The SMILES string of the molecule is O=C(OC12CCC3(O)C[C@@H](C[C@@H](C3)C1)C2)C(F)(F)F. The zero-order valence-corrected chi connectivity index (χ0v) is 10.5. The van der Waals surface area contributed by atoms with Crippen LogP contribution in [0.2, 0.25) is 0 Å². The first-order chi connectivity index (χ1) is 8.70. The maximum absolute atomic E-state index is 12.4. The molecule has 0 aliphatic heterocycles. The molecule has 0 spiro atoms. The molecule has 6 heteroatoms. The molecule has 0 heterocycles. The molecule has 0 saturated heterocycles. The van der Waals surface area contributed by atoms with Crippen molar-refractivity contribution in [1.29, 1.82) is 0 Å². The van der Waals surface area contributed by atoms with Crippen molar-refractivity contribution in [3.8, 4) is 0 Å². The third-order valence-corrected chi connectivity index (χ3v) is 4.91. The molecule has 1 N–H and O–H groups in total. The van der Waals surface area contributed by atoms with Crippen molar-refractivity contribution in [3.05, 3.63) is 0 Å². The number of rotatable bonds is 1. The van der Waals surface area contributed by atoms with Crippen LogP contribution in [0.15, 0.2) is 0 Å². The topological polar surface area (TPSA) is 46.5 Å². The summed E-state index contributed by atoms with van der Waals surface area (Å²) in [5, 5.41) is 10.4. The fourth-order valence-electron chi connectivity index (χ4n) is 4.50. The van der Waals surface area contributed by atoms with Gasteiger partial charge in [0.1, 0.15) is 5.60 Å². The van der Waals surface area contributed by atoms with Gasteiger partial charge in [0.25, 0.3) is 0 Å². The lowest BCUT2D eigenvalue weighted by Crippen LogP contribution is -2.46. The lowest BCUT2D eigenvalue weighted by molar-refractivity contribution is -0.219. The van der Waals surface area contributed by atoms with Crippen LogP contribution in [0.25, 0.3) is 0 Å². The molecule has 19 heavy (non-hydrogen) atoms. The Morgan fingerprint density at radius 2 is 1.68 bits per heavy atom. The third kappa shape index (κ3) is 2.35. The first-order valence-electron chi connectivity index (χ1n) is 6.72. The number of carbonyl (C=O) groups is 1. The van der Waals surface area contributed by atoms with Crippen molar-refractivity contribution in [2.24, 2.45) is 11.8 Å². The molecule has 0 aromatic heterocycles. The Kier molecular flexibility index (Phi) is 2.69. The molecule has 3 nitrogen and oxygen atoms in total. The van der Waals surface area contributed by atoms with Crippen molar-refractivity contribution < 1.29 is 27.8 Å². The second-order valence-electron chi connectivity index (χ2n) is 6.58. The number of halogens is 3. The van der Waals surface area contributed by atoms with Gasteiger partial charge in [-0.3, -0.25) is 0 Å². The van der Waals surface area contributed by atoms with Gasteiger partial charge in [-0.2, -0.15) is 13.2 Å². The zero-order chi connectivity index (χ0) is 13.9. The molecule has 0 radical (unpaired) electrons. The average molecular weight is 278 g/mol. The second-order valence-corrected chi connectivity index (χ2v) is 6.58. The Hall–Kier alpha value is -0.780. The monoisotopic (exact) mass is 278 g/mol. The summed E-state index contributed by atoms with van der Waals surface area (Å²) in [4.78, 5) is 11.1. The molecule has 4 fully saturated rings. The Balaban J connectivity index is 1.83. The van der Waals surface area contributed by atoms with Crippen LogP contribution in [0, 0.1) is 11.8 Å². The predicted octanol–water partition coefficient (Wildman–Crippen LogP) is 2.57. The molecule has 0 aromatic rings. The van der Waals surface area contributed by atoms with E-state index in [9.17, 15) is 23.1 Å². The van der Waals surface area contributed by atoms with Crippen LogP contribution in [0.4, 0.5) is 13.2 Å². The minimum atomic E-state index is -4.94. The summed E-state index contributed by atoms with van der Waals surface area (Å²) in [5.74, 6) is -1.72. The first kappa shape index (κ1) is 13.2. The molecule has 4 rings (SSSR count). The van der Waals surface area contributed by atoms with Crippen molar-refractivity contribution in [3.63, 3.8) is 0 Å². The van der Waals surface area contributed by atoms with Gasteiger partial charge >= 0.3 is 12.1 Å². The quantitative estimate of drug-likeness (QED) is 0.750. The summed E-state index contributed by atoms with van der Waals surface area (Å²) in [7, 11) is 0. The van der Waals surface area contributed by atoms with Gasteiger partial charge in [0.05, 0.1) is 5.60 Å². The summed E-state index contributed by atoms with van der Waals surface area (Å²) >= 11 is 0. The van der Waals surface area contributed by atoms with Crippen molar-refractivity contribution in [2.45, 2.75) is 62.3 Å². The van der Waals surface area contributed by atoms with E-state index < -0.39 is 23.3 Å². The normalized spacial score (nSPS) is 45.1. The van der Waals surface area contributed by atoms with Gasteiger partial charge in [0, 0.05) is 0 Å². The summed E-state index contributed by atoms with van der Waals surface area (Å²) in [6.07, 6.45) is -1.02. The summed E-state index contributed by atoms with van der Waals surface area (Å²) < 4.78 is 42.0. The smallest absolute Gasteiger partial charge is 0.452 e. The summed E-state index contributed by atoms with van der Waals surface area (Å²) in [6.45, 7) is 0.